The Kier molecular flexibility index (Phi) is 8.22. The van der Waals surface area contributed by atoms with Crippen LogP contribution in [-0.2, 0) is 23.1 Å². The van der Waals surface area contributed by atoms with Crippen LogP contribution >= 0.6 is 0 Å². The van der Waals surface area contributed by atoms with E-state index in [1.165, 1.54) is 23.3 Å². The maximum atomic E-state index is 12.9. The predicted molar refractivity (Wildman–Crippen MR) is 147 cm³/mol. The van der Waals surface area contributed by atoms with Crippen LogP contribution in [0.4, 0.5) is 5.69 Å². The van der Waals surface area contributed by atoms with Crippen LogP contribution in [-0.4, -0.2) is 28.4 Å². The van der Waals surface area contributed by atoms with Crippen molar-refractivity contribution in [3.63, 3.8) is 0 Å². The van der Waals surface area contributed by atoms with Crippen LogP contribution in [0.5, 0.6) is 0 Å². The molecular formula is C31H36N2O4. The van der Waals surface area contributed by atoms with E-state index in [0.717, 1.165) is 12.0 Å². The molecule has 0 spiro atoms. The van der Waals surface area contributed by atoms with Crippen LogP contribution in [0.1, 0.15) is 84.5 Å². The quantitative estimate of drug-likeness (QED) is 0.372. The molecule has 6 nitrogen and oxygen atoms in total. The molecule has 2 amide bonds. The maximum Gasteiger partial charge on any atom is 0.336 e. The third kappa shape index (κ3) is 8.04. The largest absolute Gasteiger partial charge is 0.478 e. The second-order valence-electron chi connectivity index (χ2n) is 11.4. The number of amides is 2. The Balaban J connectivity index is 1.68. The number of carboxylic acids is 1. The Bertz CT molecular complexity index is 1280. The summed E-state index contributed by atoms with van der Waals surface area (Å²) in [5.41, 5.74) is 4.30. The third-order valence-electron chi connectivity index (χ3n) is 5.88. The molecule has 0 aromatic heterocycles. The minimum Gasteiger partial charge on any atom is -0.478 e. The average molecular weight is 501 g/mol. The zero-order valence-corrected chi connectivity index (χ0v) is 22.4. The molecule has 0 aliphatic heterocycles. The summed E-state index contributed by atoms with van der Waals surface area (Å²) >= 11 is 0. The molecule has 194 valence electrons. The van der Waals surface area contributed by atoms with Crippen molar-refractivity contribution in [2.75, 3.05) is 5.32 Å². The molecule has 3 N–H and O–H groups in total. The first-order valence-corrected chi connectivity index (χ1v) is 12.4. The van der Waals surface area contributed by atoms with Crippen LogP contribution in [0, 0.1) is 0 Å². The van der Waals surface area contributed by atoms with Gasteiger partial charge in [-0.05, 0) is 79.1 Å². The number of benzene rings is 3. The van der Waals surface area contributed by atoms with E-state index in [2.05, 4.69) is 55.7 Å². The van der Waals surface area contributed by atoms with E-state index >= 15 is 0 Å². The van der Waals surface area contributed by atoms with E-state index in [0.29, 0.717) is 11.3 Å². The number of hydrogen-bond acceptors (Lipinski definition) is 3. The molecule has 37 heavy (non-hydrogen) atoms. The van der Waals surface area contributed by atoms with Crippen molar-refractivity contribution in [1.82, 2.24) is 5.32 Å². The molecule has 0 saturated carbocycles. The number of rotatable bonds is 7. The average Bonchev–Trinajstić information content (AvgIpc) is 2.78. The van der Waals surface area contributed by atoms with Gasteiger partial charge in [-0.25, -0.2) is 4.79 Å². The number of carbonyl (C=O) groups is 3. The standard InChI is InChI=1S/C31H36N2O4/c1-30(2,3)23-12-7-20(8-13-23)17-21-9-14-24(15-10-21)32-28(35)25-16-11-22(18-26(25)29(36)37)19-27(34)33-31(4,5)6/h7-16,18H,17,19H2,1-6H3,(H,32,35)(H,33,34)(H,36,37). The zero-order valence-electron chi connectivity index (χ0n) is 22.4. The third-order valence-corrected chi connectivity index (χ3v) is 5.88. The first kappa shape index (κ1) is 27.7. The van der Waals surface area contributed by atoms with E-state index < -0.39 is 11.9 Å². The molecule has 3 aromatic carbocycles. The summed E-state index contributed by atoms with van der Waals surface area (Å²) in [6.07, 6.45) is 0.798. The van der Waals surface area contributed by atoms with E-state index in [4.69, 9.17) is 0 Å². The first-order chi connectivity index (χ1) is 17.2. The number of hydrogen-bond donors (Lipinski definition) is 3. The minimum atomic E-state index is -1.23. The smallest absolute Gasteiger partial charge is 0.336 e. The van der Waals surface area contributed by atoms with Gasteiger partial charge in [0.05, 0.1) is 17.5 Å². The van der Waals surface area contributed by atoms with Gasteiger partial charge in [-0.3, -0.25) is 9.59 Å². The monoisotopic (exact) mass is 500 g/mol. The SMILES string of the molecule is CC(C)(C)NC(=O)Cc1ccc(C(=O)Nc2ccc(Cc3ccc(C(C)(C)C)cc3)cc2)c(C(=O)O)c1. The Morgan fingerprint density at radius 2 is 1.27 bits per heavy atom. The summed E-state index contributed by atoms with van der Waals surface area (Å²) in [6.45, 7) is 12.2. The fourth-order valence-electron chi connectivity index (χ4n) is 3.99. The molecule has 0 atom stereocenters. The van der Waals surface area contributed by atoms with Gasteiger partial charge in [-0.15, -0.1) is 0 Å². The van der Waals surface area contributed by atoms with Crippen molar-refractivity contribution in [2.45, 2.75) is 65.3 Å². The number of aromatic carboxylic acids is 1. The molecule has 0 unspecified atom stereocenters. The van der Waals surface area contributed by atoms with E-state index in [1.54, 1.807) is 6.07 Å². The molecule has 0 fully saturated rings. The molecule has 0 saturated heterocycles. The van der Waals surface area contributed by atoms with E-state index in [9.17, 15) is 19.5 Å². The molecule has 0 aliphatic carbocycles. The van der Waals surface area contributed by atoms with Gasteiger partial charge in [0.25, 0.3) is 5.91 Å². The normalized spacial score (nSPS) is 11.6. The lowest BCUT2D eigenvalue weighted by Crippen LogP contribution is -2.41. The first-order valence-electron chi connectivity index (χ1n) is 12.4. The van der Waals surface area contributed by atoms with Crippen molar-refractivity contribution >= 4 is 23.5 Å². The number of carbonyl (C=O) groups excluding carboxylic acids is 2. The minimum absolute atomic E-state index is 0.0276. The fourth-order valence-corrected chi connectivity index (χ4v) is 3.99. The highest BCUT2D eigenvalue weighted by atomic mass is 16.4. The second kappa shape index (κ2) is 11.0. The second-order valence-corrected chi connectivity index (χ2v) is 11.4. The van der Waals surface area contributed by atoms with Crippen LogP contribution in [0.15, 0.2) is 66.7 Å². The molecule has 0 heterocycles. The molecule has 0 aliphatic rings. The van der Waals surface area contributed by atoms with Gasteiger partial charge in [0.2, 0.25) is 5.91 Å². The highest BCUT2D eigenvalue weighted by Gasteiger charge is 2.20. The molecule has 3 aromatic rings. The lowest BCUT2D eigenvalue weighted by atomic mass is 9.86. The maximum absolute atomic E-state index is 12.9. The number of anilines is 1. The van der Waals surface area contributed by atoms with Crippen molar-refractivity contribution in [2.24, 2.45) is 0 Å². The lowest BCUT2D eigenvalue weighted by Gasteiger charge is -2.20. The van der Waals surface area contributed by atoms with Gasteiger partial charge in [0, 0.05) is 11.2 Å². The zero-order chi connectivity index (χ0) is 27.4. The molecule has 0 radical (unpaired) electrons. The van der Waals surface area contributed by atoms with E-state index in [1.807, 2.05) is 45.0 Å². The Labute approximate surface area is 219 Å². The fraction of sp³-hybridized carbons (Fsp3) is 0.323. The predicted octanol–water partition coefficient (Wildman–Crippen LogP) is 5.98. The van der Waals surface area contributed by atoms with Crippen molar-refractivity contribution in [3.8, 4) is 0 Å². The van der Waals surface area contributed by atoms with E-state index in [-0.39, 0.29) is 34.4 Å². The highest BCUT2D eigenvalue weighted by molar-refractivity contribution is 6.10. The summed E-state index contributed by atoms with van der Waals surface area (Å²) in [5, 5.41) is 15.3. The van der Waals surface area contributed by atoms with Crippen molar-refractivity contribution < 1.29 is 19.5 Å². The van der Waals surface area contributed by atoms with Crippen LogP contribution < -0.4 is 10.6 Å². The number of carboxylic acid groups (broad SMARTS) is 1. The summed E-state index contributed by atoms with van der Waals surface area (Å²) in [4.78, 5) is 37.0. The van der Waals surface area contributed by atoms with Gasteiger partial charge < -0.3 is 15.7 Å². The van der Waals surface area contributed by atoms with Crippen molar-refractivity contribution in [1.29, 1.82) is 0 Å². The van der Waals surface area contributed by atoms with Gasteiger partial charge in [0.15, 0.2) is 0 Å². The van der Waals surface area contributed by atoms with Crippen LogP contribution in [0.3, 0.4) is 0 Å². The van der Waals surface area contributed by atoms with Crippen molar-refractivity contribution in [3.05, 3.63) is 100 Å². The molecular weight excluding hydrogens is 464 g/mol. The Hall–Kier alpha value is -3.93. The molecule has 6 heteroatoms. The topological polar surface area (TPSA) is 95.5 Å². The summed E-state index contributed by atoms with van der Waals surface area (Å²) in [6, 6.07) is 20.5. The van der Waals surface area contributed by atoms with Gasteiger partial charge in [-0.1, -0.05) is 63.2 Å². The molecule has 0 bridgehead atoms. The van der Waals surface area contributed by atoms with Gasteiger partial charge >= 0.3 is 5.97 Å². The Morgan fingerprint density at radius 3 is 1.78 bits per heavy atom. The number of nitrogens with one attached hydrogen (secondary N) is 2. The highest BCUT2D eigenvalue weighted by Crippen LogP contribution is 2.23. The Morgan fingerprint density at radius 1 is 0.730 bits per heavy atom. The van der Waals surface area contributed by atoms with Gasteiger partial charge in [0.1, 0.15) is 0 Å². The van der Waals surface area contributed by atoms with Crippen LogP contribution in [0.2, 0.25) is 0 Å². The summed E-state index contributed by atoms with van der Waals surface area (Å²) < 4.78 is 0. The van der Waals surface area contributed by atoms with Crippen LogP contribution in [0.25, 0.3) is 0 Å². The molecule has 3 rings (SSSR count). The van der Waals surface area contributed by atoms with Gasteiger partial charge in [-0.2, -0.15) is 0 Å². The summed E-state index contributed by atoms with van der Waals surface area (Å²) in [5.74, 6) is -1.96. The lowest BCUT2D eigenvalue weighted by molar-refractivity contribution is -0.121. The summed E-state index contributed by atoms with van der Waals surface area (Å²) in [7, 11) is 0.